The van der Waals surface area contributed by atoms with E-state index in [0.29, 0.717) is 11.3 Å². The number of carbonyl (C=O) groups is 2. The number of aliphatic hydroxyl groups excluding tert-OH is 1. The Morgan fingerprint density at radius 2 is 1.82 bits per heavy atom. The van der Waals surface area contributed by atoms with E-state index in [9.17, 15) is 24.8 Å². The Hall–Kier alpha value is -2.91. The van der Waals surface area contributed by atoms with Crippen LogP contribution in [0.2, 0.25) is 0 Å². The highest BCUT2D eigenvalue weighted by Crippen LogP contribution is 2.17. The molecule has 0 heterocycles. The number of anilines is 1. The summed E-state index contributed by atoms with van der Waals surface area (Å²) < 4.78 is 0. The summed E-state index contributed by atoms with van der Waals surface area (Å²) in [5.74, 6) is -0.302. The molecule has 3 N–H and O–H groups in total. The Balaban J connectivity index is 1.67. The van der Waals surface area contributed by atoms with Crippen molar-refractivity contribution in [1.82, 2.24) is 5.32 Å². The van der Waals surface area contributed by atoms with E-state index >= 15 is 0 Å². The van der Waals surface area contributed by atoms with Gasteiger partial charge in [-0.15, -0.1) is 11.8 Å². The number of nitrogens with zero attached hydrogens (tertiary/aromatic N) is 1. The average Bonchev–Trinajstić information content (AvgIpc) is 2.66. The first kappa shape index (κ1) is 21.4. The number of nitro groups is 1. The molecule has 0 aromatic heterocycles. The average molecular weight is 403 g/mol. The Labute approximate surface area is 166 Å². The zero-order chi connectivity index (χ0) is 20.5. The van der Waals surface area contributed by atoms with Crippen molar-refractivity contribution >= 4 is 35.0 Å². The summed E-state index contributed by atoms with van der Waals surface area (Å²) >= 11 is 1.16. The van der Waals surface area contributed by atoms with E-state index in [-0.39, 0.29) is 35.6 Å². The molecule has 0 saturated heterocycles. The Bertz CT molecular complexity index is 842. The molecule has 0 aliphatic rings. The maximum Gasteiger partial charge on any atom is 0.269 e. The SMILES string of the molecule is Cc1cccc(NC(=O)CSCC(=O)NC[C@@H](O)c2ccc([N+](=O)[O-])cc2)c1. The van der Waals surface area contributed by atoms with Gasteiger partial charge in [-0.25, -0.2) is 0 Å². The van der Waals surface area contributed by atoms with Gasteiger partial charge in [-0.1, -0.05) is 12.1 Å². The molecular weight excluding hydrogens is 382 g/mol. The van der Waals surface area contributed by atoms with Crippen molar-refractivity contribution < 1.29 is 19.6 Å². The van der Waals surface area contributed by atoms with Crippen molar-refractivity contribution in [3.05, 3.63) is 69.8 Å². The molecule has 2 aromatic carbocycles. The second-order valence-electron chi connectivity index (χ2n) is 6.08. The first-order chi connectivity index (χ1) is 13.3. The van der Waals surface area contributed by atoms with Crippen molar-refractivity contribution in [2.75, 3.05) is 23.4 Å². The molecule has 0 unspecified atom stereocenters. The van der Waals surface area contributed by atoms with Crippen LogP contribution in [0.15, 0.2) is 48.5 Å². The normalized spacial score (nSPS) is 11.5. The number of aliphatic hydroxyl groups is 1. The van der Waals surface area contributed by atoms with E-state index in [0.717, 1.165) is 17.3 Å². The highest BCUT2D eigenvalue weighted by Gasteiger charge is 2.12. The first-order valence-electron chi connectivity index (χ1n) is 8.48. The van der Waals surface area contributed by atoms with Crippen molar-refractivity contribution in [2.45, 2.75) is 13.0 Å². The van der Waals surface area contributed by atoms with Gasteiger partial charge in [0.25, 0.3) is 5.69 Å². The molecule has 0 radical (unpaired) electrons. The van der Waals surface area contributed by atoms with Crippen LogP contribution in [0.5, 0.6) is 0 Å². The smallest absolute Gasteiger partial charge is 0.269 e. The molecule has 0 saturated carbocycles. The number of aryl methyl sites for hydroxylation is 1. The lowest BCUT2D eigenvalue weighted by Crippen LogP contribution is -2.30. The van der Waals surface area contributed by atoms with Crippen LogP contribution in [0.4, 0.5) is 11.4 Å². The van der Waals surface area contributed by atoms with Crippen LogP contribution in [-0.4, -0.2) is 39.9 Å². The first-order valence-corrected chi connectivity index (χ1v) is 9.64. The molecule has 148 valence electrons. The summed E-state index contributed by atoms with van der Waals surface area (Å²) in [6.45, 7) is 1.91. The van der Waals surface area contributed by atoms with Gasteiger partial charge >= 0.3 is 0 Å². The summed E-state index contributed by atoms with van der Waals surface area (Å²) in [4.78, 5) is 33.8. The van der Waals surface area contributed by atoms with Gasteiger partial charge in [-0.3, -0.25) is 19.7 Å². The molecule has 0 fully saturated rings. The molecular formula is C19H21N3O5S. The van der Waals surface area contributed by atoms with Gasteiger partial charge in [0.1, 0.15) is 0 Å². The Morgan fingerprint density at radius 3 is 2.46 bits per heavy atom. The monoisotopic (exact) mass is 403 g/mol. The minimum absolute atomic E-state index is 0.0211. The molecule has 2 amide bonds. The lowest BCUT2D eigenvalue weighted by Gasteiger charge is -2.12. The number of carbonyl (C=O) groups excluding carboxylic acids is 2. The van der Waals surface area contributed by atoms with Crippen molar-refractivity contribution in [2.24, 2.45) is 0 Å². The predicted octanol–water partition coefficient (Wildman–Crippen LogP) is 2.42. The summed E-state index contributed by atoms with van der Waals surface area (Å²) in [6.07, 6.45) is -0.973. The highest BCUT2D eigenvalue weighted by molar-refractivity contribution is 8.00. The standard InChI is InChI=1S/C19H21N3O5S/c1-13-3-2-4-15(9-13)21-19(25)12-28-11-18(24)20-10-17(23)14-5-7-16(8-6-14)22(26)27/h2-9,17,23H,10-12H2,1H3,(H,20,24)(H,21,25)/t17-/m1/s1. The lowest BCUT2D eigenvalue weighted by molar-refractivity contribution is -0.384. The zero-order valence-corrected chi connectivity index (χ0v) is 16.1. The van der Waals surface area contributed by atoms with Crippen LogP contribution in [0.25, 0.3) is 0 Å². The summed E-state index contributed by atoms with van der Waals surface area (Å²) in [5.41, 5.74) is 2.15. The molecule has 28 heavy (non-hydrogen) atoms. The molecule has 2 aromatic rings. The fourth-order valence-electron chi connectivity index (χ4n) is 2.35. The number of hydrogen-bond acceptors (Lipinski definition) is 6. The van der Waals surface area contributed by atoms with Gasteiger partial charge in [-0.05, 0) is 42.3 Å². The van der Waals surface area contributed by atoms with Gasteiger partial charge in [0.15, 0.2) is 0 Å². The minimum atomic E-state index is -0.973. The van der Waals surface area contributed by atoms with Crippen LogP contribution >= 0.6 is 11.8 Å². The Morgan fingerprint density at radius 1 is 1.14 bits per heavy atom. The molecule has 9 heteroatoms. The molecule has 8 nitrogen and oxygen atoms in total. The van der Waals surface area contributed by atoms with E-state index < -0.39 is 11.0 Å². The lowest BCUT2D eigenvalue weighted by atomic mass is 10.1. The van der Waals surface area contributed by atoms with Crippen molar-refractivity contribution in [3.8, 4) is 0 Å². The van der Waals surface area contributed by atoms with E-state index in [1.165, 1.54) is 24.3 Å². The quantitative estimate of drug-likeness (QED) is 0.437. The largest absolute Gasteiger partial charge is 0.387 e. The van der Waals surface area contributed by atoms with Gasteiger partial charge in [0, 0.05) is 24.4 Å². The van der Waals surface area contributed by atoms with E-state index in [4.69, 9.17) is 0 Å². The second kappa shape index (κ2) is 10.4. The maximum atomic E-state index is 11.9. The molecule has 0 bridgehead atoms. The Kier molecular flexibility index (Phi) is 7.97. The summed E-state index contributed by atoms with van der Waals surface area (Å²) in [5, 5.41) is 26.0. The number of hydrogen-bond donors (Lipinski definition) is 3. The van der Waals surface area contributed by atoms with Crippen LogP contribution in [0.3, 0.4) is 0 Å². The third-order valence-corrected chi connectivity index (χ3v) is 4.68. The summed E-state index contributed by atoms with van der Waals surface area (Å²) in [7, 11) is 0. The van der Waals surface area contributed by atoms with E-state index in [2.05, 4.69) is 10.6 Å². The number of rotatable bonds is 9. The highest BCUT2D eigenvalue weighted by atomic mass is 32.2. The van der Waals surface area contributed by atoms with Gasteiger partial charge in [0.2, 0.25) is 11.8 Å². The molecule has 2 rings (SSSR count). The zero-order valence-electron chi connectivity index (χ0n) is 15.3. The number of nitro benzene ring substituents is 1. The third kappa shape index (κ3) is 7.01. The molecule has 1 atom stereocenters. The van der Waals surface area contributed by atoms with Gasteiger partial charge in [0.05, 0.1) is 22.5 Å². The fourth-order valence-corrected chi connectivity index (χ4v) is 3.00. The predicted molar refractivity (Wildman–Crippen MR) is 108 cm³/mol. The van der Waals surface area contributed by atoms with Crippen LogP contribution < -0.4 is 10.6 Å². The minimum Gasteiger partial charge on any atom is -0.387 e. The number of benzene rings is 2. The molecule has 0 aliphatic heterocycles. The van der Waals surface area contributed by atoms with Crippen LogP contribution in [-0.2, 0) is 9.59 Å². The molecule has 0 spiro atoms. The second-order valence-corrected chi connectivity index (χ2v) is 7.06. The van der Waals surface area contributed by atoms with Gasteiger partial charge < -0.3 is 15.7 Å². The topological polar surface area (TPSA) is 122 Å². The fraction of sp³-hybridized carbons (Fsp3) is 0.263. The number of non-ortho nitro benzene ring substituents is 1. The summed E-state index contributed by atoms with van der Waals surface area (Å²) in [6, 6.07) is 12.9. The van der Waals surface area contributed by atoms with Crippen LogP contribution in [0, 0.1) is 17.0 Å². The van der Waals surface area contributed by atoms with Gasteiger partial charge in [-0.2, -0.15) is 0 Å². The number of nitrogens with one attached hydrogen (secondary N) is 2. The molecule has 0 aliphatic carbocycles. The maximum absolute atomic E-state index is 11.9. The van der Waals surface area contributed by atoms with E-state index in [1.807, 2.05) is 25.1 Å². The third-order valence-electron chi connectivity index (χ3n) is 3.75. The van der Waals surface area contributed by atoms with E-state index in [1.54, 1.807) is 6.07 Å². The van der Waals surface area contributed by atoms with Crippen molar-refractivity contribution in [1.29, 1.82) is 0 Å². The van der Waals surface area contributed by atoms with Crippen LogP contribution in [0.1, 0.15) is 17.2 Å². The number of thioether (sulfide) groups is 1. The number of amides is 2. The van der Waals surface area contributed by atoms with Crippen molar-refractivity contribution in [3.63, 3.8) is 0 Å².